The van der Waals surface area contributed by atoms with Crippen molar-refractivity contribution in [1.29, 1.82) is 0 Å². The number of hydrogen-bond acceptors (Lipinski definition) is 3. The highest BCUT2D eigenvalue weighted by Gasteiger charge is 2.27. The molecular formula is C42H62O3. The van der Waals surface area contributed by atoms with E-state index in [-0.39, 0.29) is 11.4 Å². The molecule has 248 valence electrons. The lowest BCUT2D eigenvalue weighted by Crippen LogP contribution is -2.31. The van der Waals surface area contributed by atoms with Crippen LogP contribution < -0.4 is 9.47 Å². The summed E-state index contributed by atoms with van der Waals surface area (Å²) in [5.41, 5.74) is 9.37. The summed E-state index contributed by atoms with van der Waals surface area (Å²) in [6, 6.07) is 3.46. The fraction of sp³-hybridized carbons (Fsp3) is 0.524. The third kappa shape index (κ3) is 15.6. The zero-order valence-corrected chi connectivity index (χ0v) is 30.0. The Balaban J connectivity index is 1.64. The molecule has 0 unspecified atom stereocenters. The average molecular weight is 615 g/mol. The maximum absolute atomic E-state index is 10.0. The molecule has 0 radical (unpaired) electrons. The predicted octanol–water partition coefficient (Wildman–Crippen LogP) is 12.9. The van der Waals surface area contributed by atoms with Gasteiger partial charge in [0.1, 0.15) is 11.4 Å². The van der Waals surface area contributed by atoms with Crippen LogP contribution in [0, 0.1) is 0 Å². The van der Waals surface area contributed by atoms with E-state index < -0.39 is 0 Å². The average Bonchev–Trinajstić information content (AvgIpc) is 2.97. The predicted molar refractivity (Wildman–Crippen MR) is 196 cm³/mol. The molecule has 0 aromatic heterocycles. The SMILES string of the molecule is COc1cc2c(cc1O)C=C[C@@](C)(CCC=C(C)CCC=C(C)CCC=C(C)CCC=C(C)CCC=C(C)CCC=C(C)C)O2. The van der Waals surface area contributed by atoms with Gasteiger partial charge in [-0.05, 0) is 145 Å². The van der Waals surface area contributed by atoms with Crippen molar-refractivity contribution in [1.82, 2.24) is 0 Å². The van der Waals surface area contributed by atoms with Crippen LogP contribution in [0.1, 0.15) is 138 Å². The molecule has 2 rings (SSSR count). The van der Waals surface area contributed by atoms with Gasteiger partial charge in [0.05, 0.1) is 7.11 Å². The second-order valence-electron chi connectivity index (χ2n) is 13.6. The summed E-state index contributed by atoms with van der Waals surface area (Å²) in [4.78, 5) is 0. The smallest absolute Gasteiger partial charge is 0.164 e. The van der Waals surface area contributed by atoms with Gasteiger partial charge in [-0.25, -0.2) is 0 Å². The van der Waals surface area contributed by atoms with Crippen LogP contribution >= 0.6 is 0 Å². The summed E-state index contributed by atoms with van der Waals surface area (Å²) < 4.78 is 11.6. The van der Waals surface area contributed by atoms with E-state index in [9.17, 15) is 5.11 Å². The van der Waals surface area contributed by atoms with Gasteiger partial charge in [-0.15, -0.1) is 0 Å². The Morgan fingerprint density at radius 3 is 1.51 bits per heavy atom. The second-order valence-corrected chi connectivity index (χ2v) is 13.6. The van der Waals surface area contributed by atoms with Crippen molar-refractivity contribution in [2.24, 2.45) is 0 Å². The van der Waals surface area contributed by atoms with Gasteiger partial charge >= 0.3 is 0 Å². The second kappa shape index (κ2) is 20.0. The molecule has 1 aliphatic heterocycles. The first-order valence-electron chi connectivity index (χ1n) is 17.1. The largest absolute Gasteiger partial charge is 0.504 e. The van der Waals surface area contributed by atoms with Crippen molar-refractivity contribution < 1.29 is 14.6 Å². The van der Waals surface area contributed by atoms with Crippen LogP contribution in [0.5, 0.6) is 17.2 Å². The molecule has 3 nitrogen and oxygen atoms in total. The first-order chi connectivity index (χ1) is 21.4. The minimum absolute atomic E-state index is 0.132. The lowest BCUT2D eigenvalue weighted by Gasteiger charge is -2.31. The summed E-state index contributed by atoms with van der Waals surface area (Å²) in [6.07, 6.45) is 31.8. The van der Waals surface area contributed by atoms with Gasteiger partial charge in [-0.3, -0.25) is 0 Å². The number of allylic oxidation sites excluding steroid dienone is 12. The van der Waals surface area contributed by atoms with Crippen molar-refractivity contribution in [3.8, 4) is 17.2 Å². The van der Waals surface area contributed by atoms with Crippen LogP contribution in [-0.4, -0.2) is 17.8 Å². The van der Waals surface area contributed by atoms with Crippen LogP contribution in [0.15, 0.2) is 88.1 Å². The molecule has 1 heterocycles. The first-order valence-corrected chi connectivity index (χ1v) is 17.1. The summed E-state index contributed by atoms with van der Waals surface area (Å²) in [6.45, 7) is 17.8. The molecule has 1 atom stereocenters. The highest BCUT2D eigenvalue weighted by molar-refractivity contribution is 5.65. The Bertz CT molecular complexity index is 1290. The third-order valence-electron chi connectivity index (χ3n) is 8.62. The Morgan fingerprint density at radius 2 is 1.09 bits per heavy atom. The molecule has 0 aliphatic carbocycles. The van der Waals surface area contributed by atoms with Crippen molar-refractivity contribution in [2.75, 3.05) is 7.11 Å². The Kier molecular flexibility index (Phi) is 16.9. The van der Waals surface area contributed by atoms with Crippen LogP contribution in [-0.2, 0) is 0 Å². The lowest BCUT2D eigenvalue weighted by molar-refractivity contribution is 0.128. The van der Waals surface area contributed by atoms with Crippen LogP contribution in [0.4, 0.5) is 0 Å². The topological polar surface area (TPSA) is 38.7 Å². The number of fused-ring (bicyclic) bond motifs is 1. The van der Waals surface area contributed by atoms with E-state index in [2.05, 4.69) is 97.9 Å². The Hall–Kier alpha value is -3.20. The molecule has 0 fully saturated rings. The number of phenols is 1. The molecule has 0 saturated carbocycles. The van der Waals surface area contributed by atoms with Crippen LogP contribution in [0.3, 0.4) is 0 Å². The molecule has 3 heteroatoms. The maximum atomic E-state index is 10.0. The van der Waals surface area contributed by atoms with Gasteiger partial charge in [0.25, 0.3) is 0 Å². The minimum Gasteiger partial charge on any atom is -0.504 e. The third-order valence-corrected chi connectivity index (χ3v) is 8.62. The van der Waals surface area contributed by atoms with Gasteiger partial charge in [0, 0.05) is 11.6 Å². The molecule has 1 aromatic carbocycles. The molecule has 1 aliphatic rings. The minimum atomic E-state index is -0.370. The standard InChI is InChI=1S/C42H62O3/c1-32(2)16-10-17-33(3)18-11-19-34(4)20-12-21-35(5)22-13-23-36(6)24-14-25-37(7)26-15-28-42(8)29-27-38-30-39(43)41(44-9)31-40(38)45-42/h16,18,20,22,24,26-27,29-31,43H,10-15,17,19,21,23,25,28H2,1-9H3/t42-/m1/s1. The van der Waals surface area contributed by atoms with Gasteiger partial charge in [0.15, 0.2) is 11.5 Å². The van der Waals surface area contributed by atoms with E-state index in [0.29, 0.717) is 5.75 Å². The lowest BCUT2D eigenvalue weighted by atomic mass is 9.94. The quantitative estimate of drug-likeness (QED) is 0.158. The zero-order chi connectivity index (χ0) is 33.2. The van der Waals surface area contributed by atoms with E-state index in [1.165, 1.54) is 46.3 Å². The van der Waals surface area contributed by atoms with Crippen molar-refractivity contribution in [2.45, 2.75) is 138 Å². The number of methoxy groups -OCH3 is 1. The van der Waals surface area contributed by atoms with Gasteiger partial charge < -0.3 is 14.6 Å². The Morgan fingerprint density at radius 1 is 0.667 bits per heavy atom. The van der Waals surface area contributed by atoms with Crippen molar-refractivity contribution in [3.63, 3.8) is 0 Å². The number of hydrogen-bond donors (Lipinski definition) is 1. The molecule has 1 N–H and O–H groups in total. The molecule has 0 saturated heterocycles. The van der Waals surface area contributed by atoms with E-state index in [1.54, 1.807) is 19.2 Å². The van der Waals surface area contributed by atoms with E-state index in [0.717, 1.165) is 75.5 Å². The highest BCUT2D eigenvalue weighted by atomic mass is 16.5. The fourth-order valence-corrected chi connectivity index (χ4v) is 5.52. The molecule has 0 amide bonds. The number of rotatable bonds is 19. The van der Waals surface area contributed by atoms with Gasteiger partial charge in [0.2, 0.25) is 0 Å². The highest BCUT2D eigenvalue weighted by Crippen LogP contribution is 2.40. The number of ether oxygens (including phenoxy) is 2. The van der Waals surface area contributed by atoms with Crippen molar-refractivity contribution >= 4 is 6.08 Å². The van der Waals surface area contributed by atoms with Crippen LogP contribution in [0.25, 0.3) is 6.08 Å². The van der Waals surface area contributed by atoms with Crippen LogP contribution in [0.2, 0.25) is 0 Å². The monoisotopic (exact) mass is 614 g/mol. The summed E-state index contributed by atoms with van der Waals surface area (Å²) >= 11 is 0. The molecule has 45 heavy (non-hydrogen) atoms. The summed E-state index contributed by atoms with van der Waals surface area (Å²) in [7, 11) is 1.56. The molecule has 0 bridgehead atoms. The first kappa shape index (κ1) is 38.0. The Labute approximate surface area is 276 Å². The normalized spacial score (nSPS) is 17.7. The van der Waals surface area contributed by atoms with Gasteiger partial charge in [-0.1, -0.05) is 76.0 Å². The zero-order valence-electron chi connectivity index (χ0n) is 30.0. The van der Waals surface area contributed by atoms with E-state index >= 15 is 0 Å². The number of aromatic hydroxyl groups is 1. The fourth-order valence-electron chi connectivity index (χ4n) is 5.52. The number of phenolic OH excluding ortho intramolecular Hbond substituents is 1. The van der Waals surface area contributed by atoms with E-state index in [1.807, 2.05) is 6.08 Å². The number of benzene rings is 1. The maximum Gasteiger partial charge on any atom is 0.164 e. The van der Waals surface area contributed by atoms with E-state index in [4.69, 9.17) is 9.47 Å². The summed E-state index contributed by atoms with van der Waals surface area (Å²) in [5.74, 6) is 1.32. The van der Waals surface area contributed by atoms with Gasteiger partial charge in [-0.2, -0.15) is 0 Å². The molecule has 1 aromatic rings. The van der Waals surface area contributed by atoms with Crippen molar-refractivity contribution in [3.05, 3.63) is 93.7 Å². The molecule has 0 spiro atoms. The molecular weight excluding hydrogens is 552 g/mol. The summed E-state index contributed by atoms with van der Waals surface area (Å²) in [5, 5.41) is 10.0.